The Hall–Kier alpha value is -1.63. The third kappa shape index (κ3) is 3.23. The van der Waals surface area contributed by atoms with Gasteiger partial charge in [-0.25, -0.2) is 4.79 Å². The van der Waals surface area contributed by atoms with E-state index in [2.05, 4.69) is 10.1 Å². The van der Waals surface area contributed by atoms with Crippen LogP contribution in [-0.2, 0) is 10.9 Å². The van der Waals surface area contributed by atoms with Crippen molar-refractivity contribution in [1.29, 1.82) is 0 Å². The van der Waals surface area contributed by atoms with E-state index in [1.54, 1.807) is 0 Å². The first-order valence-electron chi connectivity index (χ1n) is 5.10. The molecule has 0 radical (unpaired) electrons. The van der Waals surface area contributed by atoms with Gasteiger partial charge in [-0.05, 0) is 12.1 Å². The van der Waals surface area contributed by atoms with Crippen molar-refractivity contribution in [2.45, 2.75) is 12.2 Å². The van der Waals surface area contributed by atoms with Gasteiger partial charge in [0.1, 0.15) is 12.4 Å². The Bertz CT molecular complexity index is 479. The van der Waals surface area contributed by atoms with Crippen molar-refractivity contribution >= 4 is 18.5 Å². The maximum Gasteiger partial charge on any atom is 0.416 e. The molecule has 1 aliphatic rings. The monoisotopic (exact) mass is 297 g/mol. The Labute approximate surface area is 113 Å². The fourth-order valence-electron chi connectivity index (χ4n) is 1.73. The minimum absolute atomic E-state index is 0. The van der Waals surface area contributed by atoms with Crippen LogP contribution in [0.1, 0.15) is 17.2 Å². The first kappa shape index (κ1) is 15.4. The van der Waals surface area contributed by atoms with Crippen molar-refractivity contribution in [2.75, 3.05) is 13.7 Å². The van der Waals surface area contributed by atoms with Crippen LogP contribution in [0, 0.1) is 0 Å². The highest BCUT2D eigenvalue weighted by molar-refractivity contribution is 5.85. The zero-order valence-electron chi connectivity index (χ0n) is 9.78. The van der Waals surface area contributed by atoms with E-state index in [1.807, 2.05) is 0 Å². The van der Waals surface area contributed by atoms with Crippen LogP contribution in [-0.4, -0.2) is 19.8 Å². The number of hydrogen-bond donors (Lipinski definition) is 1. The van der Waals surface area contributed by atoms with Crippen molar-refractivity contribution in [2.24, 2.45) is 0 Å². The zero-order valence-corrected chi connectivity index (χ0v) is 10.6. The second-order valence-electron chi connectivity index (χ2n) is 3.75. The lowest BCUT2D eigenvalue weighted by atomic mass is 10.0. The van der Waals surface area contributed by atoms with E-state index in [4.69, 9.17) is 4.74 Å². The topological polar surface area (TPSA) is 47.6 Å². The van der Waals surface area contributed by atoms with Gasteiger partial charge < -0.3 is 14.8 Å². The van der Waals surface area contributed by atoms with Crippen LogP contribution in [0.15, 0.2) is 18.2 Å². The zero-order chi connectivity index (χ0) is 13.3. The minimum Gasteiger partial charge on any atom is -0.496 e. The highest BCUT2D eigenvalue weighted by Crippen LogP contribution is 2.35. The van der Waals surface area contributed by atoms with Gasteiger partial charge >= 0.3 is 12.3 Å². The Balaban J connectivity index is 0.00000180. The number of carbonyl (C=O) groups excluding carboxylic acids is 1. The molecular formula is C11H11ClF3NO3. The number of amides is 1. The summed E-state index contributed by atoms with van der Waals surface area (Å²) < 4.78 is 47.2. The van der Waals surface area contributed by atoms with Crippen LogP contribution in [0.4, 0.5) is 18.0 Å². The molecule has 1 aliphatic heterocycles. The van der Waals surface area contributed by atoms with Crippen molar-refractivity contribution in [3.63, 3.8) is 0 Å². The van der Waals surface area contributed by atoms with Crippen LogP contribution in [0.25, 0.3) is 0 Å². The summed E-state index contributed by atoms with van der Waals surface area (Å²) in [4.78, 5) is 10.9. The molecule has 1 saturated heterocycles. The number of methoxy groups -OCH3 is 1. The highest BCUT2D eigenvalue weighted by atomic mass is 35.5. The summed E-state index contributed by atoms with van der Waals surface area (Å²) in [5, 5.41) is 2.48. The van der Waals surface area contributed by atoms with Crippen LogP contribution in [0.5, 0.6) is 5.75 Å². The summed E-state index contributed by atoms with van der Waals surface area (Å²) in [6.45, 7) is 0.0700. The van der Waals surface area contributed by atoms with E-state index in [-0.39, 0.29) is 24.8 Å². The van der Waals surface area contributed by atoms with Crippen molar-refractivity contribution in [3.8, 4) is 5.75 Å². The standard InChI is InChI=1S/C11H10F3NO3.ClH/c1-17-9-4-6(11(12,13)14)2-3-7(9)8-5-18-10(16)15-8;/h2-4,8H,5H2,1H3,(H,15,16);1H/t8-;/m0./s1. The third-order valence-corrected chi connectivity index (χ3v) is 2.61. The van der Waals surface area contributed by atoms with Crippen molar-refractivity contribution < 1.29 is 27.4 Å². The molecule has 19 heavy (non-hydrogen) atoms. The number of halogens is 4. The average Bonchev–Trinajstić information content (AvgIpc) is 2.73. The van der Waals surface area contributed by atoms with Crippen LogP contribution in [0.2, 0.25) is 0 Å². The Morgan fingerprint density at radius 2 is 2.11 bits per heavy atom. The first-order valence-corrected chi connectivity index (χ1v) is 5.10. The number of rotatable bonds is 2. The molecule has 0 aliphatic carbocycles. The molecule has 1 amide bonds. The molecule has 1 heterocycles. The molecule has 1 aromatic rings. The first-order chi connectivity index (χ1) is 8.41. The number of benzene rings is 1. The van der Waals surface area contributed by atoms with Crippen LogP contribution >= 0.6 is 12.4 Å². The van der Waals surface area contributed by atoms with Gasteiger partial charge in [-0.2, -0.15) is 13.2 Å². The third-order valence-electron chi connectivity index (χ3n) is 2.61. The summed E-state index contributed by atoms with van der Waals surface area (Å²) in [7, 11) is 1.27. The van der Waals surface area contributed by atoms with Gasteiger partial charge in [0.2, 0.25) is 0 Å². The van der Waals surface area contributed by atoms with E-state index in [1.165, 1.54) is 13.2 Å². The summed E-state index contributed by atoms with van der Waals surface area (Å²) in [6.07, 6.45) is -5.02. The maximum absolute atomic E-state index is 12.5. The normalized spacial score (nSPS) is 18.3. The fourth-order valence-corrected chi connectivity index (χ4v) is 1.73. The van der Waals surface area contributed by atoms with Gasteiger partial charge in [-0.3, -0.25) is 0 Å². The highest BCUT2D eigenvalue weighted by Gasteiger charge is 2.33. The summed E-state index contributed by atoms with van der Waals surface area (Å²) in [5.41, 5.74) is -0.343. The summed E-state index contributed by atoms with van der Waals surface area (Å²) in [5.74, 6) is 0.0700. The molecule has 1 fully saturated rings. The number of alkyl halides is 3. The Morgan fingerprint density at radius 3 is 2.58 bits per heavy atom. The number of nitrogens with one attached hydrogen (secondary N) is 1. The molecular weight excluding hydrogens is 287 g/mol. The molecule has 1 N–H and O–H groups in total. The molecule has 0 saturated carbocycles. The molecule has 4 nitrogen and oxygen atoms in total. The van der Waals surface area contributed by atoms with E-state index >= 15 is 0 Å². The van der Waals surface area contributed by atoms with Gasteiger partial charge in [0.25, 0.3) is 0 Å². The second-order valence-corrected chi connectivity index (χ2v) is 3.75. The molecule has 0 aromatic heterocycles. The van der Waals surface area contributed by atoms with Gasteiger partial charge in [-0.1, -0.05) is 6.07 Å². The summed E-state index contributed by atoms with van der Waals surface area (Å²) >= 11 is 0. The minimum atomic E-state index is -4.43. The number of hydrogen-bond acceptors (Lipinski definition) is 3. The lowest BCUT2D eigenvalue weighted by Crippen LogP contribution is -2.19. The maximum atomic E-state index is 12.5. The van der Waals surface area contributed by atoms with Gasteiger partial charge in [0.05, 0.1) is 18.7 Å². The van der Waals surface area contributed by atoms with Gasteiger partial charge in [0, 0.05) is 5.56 Å². The molecule has 8 heteroatoms. The van der Waals surface area contributed by atoms with Gasteiger partial charge in [-0.15, -0.1) is 12.4 Å². The predicted octanol–water partition coefficient (Wildman–Crippen LogP) is 2.92. The Kier molecular flexibility index (Phi) is 4.52. The van der Waals surface area contributed by atoms with Gasteiger partial charge in [0.15, 0.2) is 0 Å². The smallest absolute Gasteiger partial charge is 0.416 e. The van der Waals surface area contributed by atoms with E-state index in [0.29, 0.717) is 5.56 Å². The largest absolute Gasteiger partial charge is 0.496 e. The molecule has 0 spiro atoms. The molecule has 1 atom stereocenters. The second kappa shape index (κ2) is 5.56. The lowest BCUT2D eigenvalue weighted by Gasteiger charge is -2.15. The number of alkyl carbamates (subject to hydrolysis) is 1. The predicted molar refractivity (Wildman–Crippen MR) is 62.5 cm³/mol. The SMILES string of the molecule is COc1cc(C(F)(F)F)ccc1[C@@H]1COC(=O)N1.Cl. The van der Waals surface area contributed by atoms with Crippen molar-refractivity contribution in [3.05, 3.63) is 29.3 Å². The van der Waals surface area contributed by atoms with Crippen LogP contribution < -0.4 is 10.1 Å². The number of cyclic esters (lactones) is 1. The molecule has 2 rings (SSSR count). The van der Waals surface area contributed by atoms with E-state index in [9.17, 15) is 18.0 Å². The number of carbonyl (C=O) groups is 1. The van der Waals surface area contributed by atoms with E-state index in [0.717, 1.165) is 12.1 Å². The summed E-state index contributed by atoms with van der Waals surface area (Å²) in [6, 6.07) is 2.64. The average molecular weight is 298 g/mol. The molecule has 0 unspecified atom stereocenters. The van der Waals surface area contributed by atoms with Crippen molar-refractivity contribution in [1.82, 2.24) is 5.32 Å². The quantitative estimate of drug-likeness (QED) is 0.913. The molecule has 0 bridgehead atoms. The Morgan fingerprint density at radius 1 is 1.42 bits per heavy atom. The van der Waals surface area contributed by atoms with E-state index < -0.39 is 23.9 Å². The molecule has 106 valence electrons. The lowest BCUT2D eigenvalue weighted by molar-refractivity contribution is -0.137. The molecule has 1 aromatic carbocycles. The van der Waals surface area contributed by atoms with Crippen LogP contribution in [0.3, 0.4) is 0 Å². The fraction of sp³-hybridized carbons (Fsp3) is 0.364. The number of ether oxygens (including phenoxy) is 2.